The Bertz CT molecular complexity index is 407. The van der Waals surface area contributed by atoms with Crippen LogP contribution in [-0.4, -0.2) is 45.9 Å². The normalized spacial score (nSPS) is 28.8. The predicted molar refractivity (Wildman–Crippen MR) is 83.7 cm³/mol. The summed E-state index contributed by atoms with van der Waals surface area (Å²) in [7, 11) is 0. The maximum absolute atomic E-state index is 4.32. The van der Waals surface area contributed by atoms with Crippen LogP contribution in [0.5, 0.6) is 0 Å². The summed E-state index contributed by atoms with van der Waals surface area (Å²) in [4.78, 5) is 2.65. The molecule has 1 aliphatic rings. The van der Waals surface area contributed by atoms with E-state index in [0.29, 0.717) is 11.5 Å². The van der Waals surface area contributed by atoms with Gasteiger partial charge >= 0.3 is 0 Å². The van der Waals surface area contributed by atoms with Crippen molar-refractivity contribution in [2.45, 2.75) is 59.2 Å². The minimum Gasteiger partial charge on any atom is -0.309 e. The predicted octanol–water partition coefficient (Wildman–Crippen LogP) is 2.37. The van der Waals surface area contributed by atoms with Gasteiger partial charge in [-0.05, 0) is 24.8 Å². The Balaban J connectivity index is 2.05. The number of rotatable bonds is 4. The maximum atomic E-state index is 4.32. The number of hydrogen-bond acceptors (Lipinski definition) is 3. The van der Waals surface area contributed by atoms with Gasteiger partial charge in [-0.2, -0.15) is 5.10 Å². The second-order valence-electron chi connectivity index (χ2n) is 7.42. The van der Waals surface area contributed by atoms with Crippen molar-refractivity contribution in [2.75, 3.05) is 19.6 Å². The number of piperazine rings is 1. The quantitative estimate of drug-likeness (QED) is 0.918. The average Bonchev–Trinajstić information content (AvgIpc) is 2.88. The lowest BCUT2D eigenvalue weighted by molar-refractivity contribution is 0.0234. The molecule has 1 aliphatic heterocycles. The third-order valence-electron chi connectivity index (χ3n) is 4.67. The number of hydrogen-bond donors (Lipinski definition) is 1. The highest BCUT2D eigenvalue weighted by atomic mass is 15.3. The minimum absolute atomic E-state index is 0.242. The van der Waals surface area contributed by atoms with Gasteiger partial charge in [0.2, 0.25) is 0 Å². The van der Waals surface area contributed by atoms with Gasteiger partial charge in [0.1, 0.15) is 0 Å². The Kier molecular flexibility index (Phi) is 4.55. The number of aromatic nitrogens is 2. The van der Waals surface area contributed by atoms with E-state index in [1.807, 2.05) is 23.1 Å². The summed E-state index contributed by atoms with van der Waals surface area (Å²) in [5.41, 5.74) is 0.540. The third kappa shape index (κ3) is 3.61. The molecule has 2 atom stereocenters. The summed E-state index contributed by atoms with van der Waals surface area (Å²) in [6.45, 7) is 15.9. The molecule has 2 rings (SSSR count). The highest BCUT2D eigenvalue weighted by Crippen LogP contribution is 2.29. The minimum atomic E-state index is 0.242. The van der Waals surface area contributed by atoms with Crippen LogP contribution in [0, 0.1) is 5.41 Å². The van der Waals surface area contributed by atoms with E-state index >= 15 is 0 Å². The fourth-order valence-corrected chi connectivity index (χ4v) is 3.08. The van der Waals surface area contributed by atoms with E-state index in [1.165, 1.54) is 6.42 Å². The van der Waals surface area contributed by atoms with Gasteiger partial charge in [0.15, 0.2) is 0 Å². The molecule has 1 aromatic rings. The van der Waals surface area contributed by atoms with Crippen LogP contribution < -0.4 is 5.32 Å². The largest absolute Gasteiger partial charge is 0.309 e. The van der Waals surface area contributed by atoms with E-state index in [-0.39, 0.29) is 5.54 Å². The van der Waals surface area contributed by atoms with Crippen LogP contribution in [-0.2, 0) is 6.54 Å². The van der Waals surface area contributed by atoms with Gasteiger partial charge in [-0.1, -0.05) is 27.7 Å². The fourth-order valence-electron chi connectivity index (χ4n) is 3.08. The first-order chi connectivity index (χ1) is 9.34. The molecular formula is C16H30N4. The van der Waals surface area contributed by atoms with Crippen LogP contribution in [0.4, 0.5) is 0 Å². The molecule has 0 saturated carbocycles. The van der Waals surface area contributed by atoms with Crippen molar-refractivity contribution < 1.29 is 0 Å². The van der Waals surface area contributed by atoms with Crippen molar-refractivity contribution in [3.8, 4) is 0 Å². The molecule has 1 saturated heterocycles. The number of nitrogens with zero attached hydrogens (tertiary/aromatic N) is 3. The zero-order valence-electron chi connectivity index (χ0n) is 13.7. The molecule has 1 aromatic heterocycles. The molecule has 0 bridgehead atoms. The van der Waals surface area contributed by atoms with Crippen molar-refractivity contribution in [2.24, 2.45) is 5.41 Å². The Morgan fingerprint density at radius 3 is 2.65 bits per heavy atom. The topological polar surface area (TPSA) is 33.1 Å². The van der Waals surface area contributed by atoms with Crippen LogP contribution >= 0.6 is 0 Å². The summed E-state index contributed by atoms with van der Waals surface area (Å²) in [6, 6.07) is 2.58. The zero-order chi connectivity index (χ0) is 14.8. The molecule has 4 nitrogen and oxygen atoms in total. The van der Waals surface area contributed by atoms with Gasteiger partial charge in [-0.3, -0.25) is 9.58 Å². The molecule has 0 spiro atoms. The van der Waals surface area contributed by atoms with Crippen molar-refractivity contribution >= 4 is 0 Å². The highest BCUT2D eigenvalue weighted by molar-refractivity contribution is 4.98. The highest BCUT2D eigenvalue weighted by Gasteiger charge is 2.39. The average molecular weight is 278 g/mol. The van der Waals surface area contributed by atoms with E-state index in [4.69, 9.17) is 0 Å². The van der Waals surface area contributed by atoms with Crippen molar-refractivity contribution in [3.05, 3.63) is 18.5 Å². The van der Waals surface area contributed by atoms with Gasteiger partial charge < -0.3 is 5.32 Å². The summed E-state index contributed by atoms with van der Waals surface area (Å²) in [5.74, 6) is 0. The fraction of sp³-hybridized carbons (Fsp3) is 0.812. The van der Waals surface area contributed by atoms with Crippen LogP contribution in [0.1, 0.15) is 41.0 Å². The van der Waals surface area contributed by atoms with Gasteiger partial charge in [0.25, 0.3) is 0 Å². The maximum Gasteiger partial charge on any atom is 0.0536 e. The Morgan fingerprint density at radius 2 is 2.10 bits per heavy atom. The monoisotopic (exact) mass is 278 g/mol. The van der Waals surface area contributed by atoms with Gasteiger partial charge in [-0.25, -0.2) is 0 Å². The first-order valence-electron chi connectivity index (χ1n) is 7.80. The lowest BCUT2D eigenvalue weighted by Gasteiger charge is -2.50. The van der Waals surface area contributed by atoms with Crippen molar-refractivity contribution in [1.82, 2.24) is 20.0 Å². The smallest absolute Gasteiger partial charge is 0.0536 e. The third-order valence-corrected chi connectivity index (χ3v) is 4.67. The van der Waals surface area contributed by atoms with Crippen LogP contribution in [0.25, 0.3) is 0 Å². The Morgan fingerprint density at radius 1 is 1.35 bits per heavy atom. The molecule has 0 amide bonds. The standard InChI is InChI=1S/C16H30N4/c1-6-16(5)13-19(10-11-20-9-7-8-18-20)14(12-17-16)15(2,3)4/h7-9,14,17H,6,10-13H2,1-5H3. The Hall–Kier alpha value is -0.870. The summed E-state index contributed by atoms with van der Waals surface area (Å²) in [6.07, 6.45) is 5.07. The molecule has 2 unspecified atom stereocenters. The van der Waals surface area contributed by atoms with E-state index in [2.05, 4.69) is 49.9 Å². The SMILES string of the molecule is CCC1(C)CN(CCn2cccn2)C(C(C)(C)C)CN1. The zero-order valence-corrected chi connectivity index (χ0v) is 13.7. The first-order valence-corrected chi connectivity index (χ1v) is 7.80. The molecule has 0 aliphatic carbocycles. The molecular weight excluding hydrogens is 248 g/mol. The Labute approximate surface area is 123 Å². The van der Waals surface area contributed by atoms with E-state index < -0.39 is 0 Å². The molecule has 20 heavy (non-hydrogen) atoms. The van der Waals surface area contributed by atoms with Gasteiger partial charge in [0, 0.05) is 43.6 Å². The molecule has 0 radical (unpaired) electrons. The molecule has 1 fully saturated rings. The van der Waals surface area contributed by atoms with Crippen LogP contribution in [0.3, 0.4) is 0 Å². The summed E-state index contributed by atoms with van der Waals surface area (Å²) >= 11 is 0. The van der Waals surface area contributed by atoms with Crippen molar-refractivity contribution in [3.63, 3.8) is 0 Å². The molecule has 0 aromatic carbocycles. The van der Waals surface area contributed by atoms with E-state index in [1.54, 1.807) is 0 Å². The lowest BCUT2D eigenvalue weighted by atomic mass is 9.81. The first kappa shape index (κ1) is 15.5. The summed E-state index contributed by atoms with van der Waals surface area (Å²) < 4.78 is 2.03. The lowest BCUT2D eigenvalue weighted by Crippen LogP contribution is -2.65. The molecule has 2 heterocycles. The number of nitrogens with one attached hydrogen (secondary N) is 1. The second kappa shape index (κ2) is 5.86. The summed E-state index contributed by atoms with van der Waals surface area (Å²) in [5, 5.41) is 8.08. The second-order valence-corrected chi connectivity index (χ2v) is 7.42. The van der Waals surface area contributed by atoms with Crippen LogP contribution in [0.15, 0.2) is 18.5 Å². The van der Waals surface area contributed by atoms with E-state index in [0.717, 1.165) is 26.2 Å². The molecule has 4 heteroatoms. The van der Waals surface area contributed by atoms with E-state index in [9.17, 15) is 0 Å². The molecule has 114 valence electrons. The van der Waals surface area contributed by atoms with Crippen molar-refractivity contribution in [1.29, 1.82) is 0 Å². The van der Waals surface area contributed by atoms with Crippen LogP contribution in [0.2, 0.25) is 0 Å². The van der Waals surface area contributed by atoms with Gasteiger partial charge in [-0.15, -0.1) is 0 Å². The molecule has 1 N–H and O–H groups in total. The van der Waals surface area contributed by atoms with Gasteiger partial charge in [0.05, 0.1) is 6.54 Å².